The maximum Gasteiger partial charge on any atom is 0.209 e. The van der Waals surface area contributed by atoms with Crippen LogP contribution in [0, 0.1) is 5.92 Å². The maximum atomic E-state index is 10.6. The van der Waals surface area contributed by atoms with Crippen molar-refractivity contribution in [3.63, 3.8) is 0 Å². The van der Waals surface area contributed by atoms with Gasteiger partial charge in [0.15, 0.2) is 0 Å². The number of rotatable bonds is 5. The molecule has 0 aromatic carbocycles. The van der Waals surface area contributed by atoms with Crippen LogP contribution in [-0.2, 0) is 10.0 Å². The van der Waals surface area contributed by atoms with E-state index >= 15 is 0 Å². The second kappa shape index (κ2) is 4.72. The highest BCUT2D eigenvalue weighted by Crippen LogP contribution is 2.08. The van der Waals surface area contributed by atoms with Crippen molar-refractivity contribution >= 4 is 10.0 Å². The summed E-state index contributed by atoms with van der Waals surface area (Å²) < 4.78 is 21.2. The third-order valence-electron chi connectivity index (χ3n) is 1.57. The molecule has 0 aliphatic rings. The van der Waals surface area contributed by atoms with Gasteiger partial charge >= 0.3 is 0 Å². The molecule has 2 N–H and O–H groups in total. The van der Waals surface area contributed by atoms with Gasteiger partial charge in [-0.3, -0.25) is 0 Å². The summed E-state index contributed by atoms with van der Waals surface area (Å²) in [7, 11) is -3.25. The van der Waals surface area contributed by atoms with Crippen molar-refractivity contribution in [2.45, 2.75) is 33.1 Å². The number of hydrogen-bond acceptors (Lipinski definition) is 2. The highest BCUT2D eigenvalue weighted by molar-refractivity contribution is 7.89. The van der Waals surface area contributed by atoms with E-state index in [1.807, 2.05) is 6.92 Å². The number of unbranched alkanes of at least 4 members (excludes halogenated alkanes) is 1. The Labute approximate surface area is 69.0 Å². The summed E-state index contributed by atoms with van der Waals surface area (Å²) in [4.78, 5) is 0. The molecule has 0 aromatic heterocycles. The lowest BCUT2D eigenvalue weighted by Gasteiger charge is -2.07. The second-order valence-electron chi connectivity index (χ2n) is 3.08. The number of hydrogen-bond donors (Lipinski definition) is 1. The van der Waals surface area contributed by atoms with E-state index in [2.05, 4.69) is 6.92 Å². The molecule has 4 heteroatoms. The quantitative estimate of drug-likeness (QED) is 0.687. The molecule has 0 bridgehead atoms. The molecule has 11 heavy (non-hydrogen) atoms. The van der Waals surface area contributed by atoms with Gasteiger partial charge in [0.05, 0.1) is 5.75 Å². The Kier molecular flexibility index (Phi) is 4.68. The van der Waals surface area contributed by atoms with Crippen LogP contribution in [0.4, 0.5) is 0 Å². The summed E-state index contributed by atoms with van der Waals surface area (Å²) in [6.45, 7) is 4.00. The summed E-state index contributed by atoms with van der Waals surface area (Å²) in [5.74, 6) is 0.317. The van der Waals surface area contributed by atoms with Gasteiger partial charge in [-0.25, -0.2) is 13.6 Å². The molecule has 0 saturated heterocycles. The average molecular weight is 179 g/mol. The summed E-state index contributed by atoms with van der Waals surface area (Å²) in [6.07, 6.45) is 3.14. The lowest BCUT2D eigenvalue weighted by molar-refractivity contribution is 0.531. The Hall–Kier alpha value is -0.0900. The van der Waals surface area contributed by atoms with Gasteiger partial charge in [0.1, 0.15) is 0 Å². The SMILES string of the molecule is CCCCC(C)CS(N)(=O)=O. The molecule has 0 saturated carbocycles. The molecule has 0 heterocycles. The lowest BCUT2D eigenvalue weighted by atomic mass is 10.1. The van der Waals surface area contributed by atoms with Crippen LogP contribution in [-0.4, -0.2) is 14.2 Å². The Bertz CT molecular complexity index is 187. The summed E-state index contributed by atoms with van der Waals surface area (Å²) in [5.41, 5.74) is 0. The van der Waals surface area contributed by atoms with Crippen molar-refractivity contribution in [3.8, 4) is 0 Å². The molecule has 0 amide bonds. The van der Waals surface area contributed by atoms with Crippen molar-refractivity contribution < 1.29 is 8.42 Å². The van der Waals surface area contributed by atoms with Crippen LogP contribution in [0.5, 0.6) is 0 Å². The number of primary sulfonamides is 1. The lowest BCUT2D eigenvalue weighted by Crippen LogP contribution is -2.21. The summed E-state index contributed by atoms with van der Waals surface area (Å²) in [6, 6.07) is 0. The zero-order chi connectivity index (χ0) is 8.91. The number of sulfonamides is 1. The van der Waals surface area contributed by atoms with E-state index in [0.29, 0.717) is 0 Å². The smallest absolute Gasteiger partial charge is 0.209 e. The fraction of sp³-hybridized carbons (Fsp3) is 1.00. The zero-order valence-electron chi connectivity index (χ0n) is 7.21. The van der Waals surface area contributed by atoms with Crippen LogP contribution in [0.3, 0.4) is 0 Å². The normalized spacial score (nSPS) is 14.8. The summed E-state index contributed by atoms with van der Waals surface area (Å²) in [5, 5.41) is 4.88. The van der Waals surface area contributed by atoms with E-state index in [-0.39, 0.29) is 11.7 Å². The van der Waals surface area contributed by atoms with Crippen LogP contribution in [0.2, 0.25) is 0 Å². The minimum absolute atomic E-state index is 0.118. The molecule has 1 atom stereocenters. The van der Waals surface area contributed by atoms with E-state index in [1.54, 1.807) is 0 Å². The molecule has 0 spiro atoms. The first kappa shape index (κ1) is 10.9. The second-order valence-corrected chi connectivity index (χ2v) is 4.74. The van der Waals surface area contributed by atoms with Gasteiger partial charge < -0.3 is 0 Å². The third kappa shape index (κ3) is 7.81. The third-order valence-corrected chi connectivity index (χ3v) is 2.60. The molecule has 0 aliphatic heterocycles. The van der Waals surface area contributed by atoms with Crippen molar-refractivity contribution in [3.05, 3.63) is 0 Å². The first-order chi connectivity index (χ1) is 4.95. The topological polar surface area (TPSA) is 60.2 Å². The van der Waals surface area contributed by atoms with E-state index in [0.717, 1.165) is 19.3 Å². The molecular formula is C7H17NO2S. The molecule has 0 radical (unpaired) electrons. The molecule has 0 rings (SSSR count). The van der Waals surface area contributed by atoms with Gasteiger partial charge in [0.25, 0.3) is 0 Å². The Morgan fingerprint density at radius 1 is 1.45 bits per heavy atom. The molecule has 0 aliphatic carbocycles. The monoisotopic (exact) mass is 179 g/mol. The average Bonchev–Trinajstić information content (AvgIpc) is 1.79. The van der Waals surface area contributed by atoms with Crippen molar-refractivity contribution in [2.75, 3.05) is 5.75 Å². The van der Waals surface area contributed by atoms with E-state index < -0.39 is 10.0 Å². The predicted molar refractivity (Wildman–Crippen MR) is 46.7 cm³/mol. The minimum atomic E-state index is -3.25. The van der Waals surface area contributed by atoms with Gasteiger partial charge in [-0.2, -0.15) is 0 Å². The standard InChI is InChI=1S/C7H17NO2S/c1-3-4-5-7(2)6-11(8,9)10/h7H,3-6H2,1-2H3,(H2,8,9,10). The van der Waals surface area contributed by atoms with Crippen molar-refractivity contribution in [1.82, 2.24) is 0 Å². The molecular weight excluding hydrogens is 162 g/mol. The molecule has 68 valence electrons. The molecule has 0 aromatic rings. The van der Waals surface area contributed by atoms with Gasteiger partial charge in [-0.15, -0.1) is 0 Å². The van der Waals surface area contributed by atoms with E-state index in [4.69, 9.17) is 5.14 Å². The minimum Gasteiger partial charge on any atom is -0.229 e. The first-order valence-electron chi connectivity index (χ1n) is 3.96. The van der Waals surface area contributed by atoms with Crippen molar-refractivity contribution in [1.29, 1.82) is 0 Å². The fourth-order valence-corrected chi connectivity index (χ4v) is 1.99. The Balaban J connectivity index is 3.61. The fourth-order valence-electron chi connectivity index (χ4n) is 1.03. The molecule has 1 unspecified atom stereocenters. The van der Waals surface area contributed by atoms with Crippen LogP contribution in [0.1, 0.15) is 33.1 Å². The highest BCUT2D eigenvalue weighted by atomic mass is 32.2. The van der Waals surface area contributed by atoms with Crippen LogP contribution in [0.15, 0.2) is 0 Å². The van der Waals surface area contributed by atoms with Gasteiger partial charge in [-0.05, 0) is 12.3 Å². The Morgan fingerprint density at radius 2 is 2.00 bits per heavy atom. The van der Waals surface area contributed by atoms with Crippen LogP contribution in [0.25, 0.3) is 0 Å². The van der Waals surface area contributed by atoms with Crippen LogP contribution < -0.4 is 5.14 Å². The highest BCUT2D eigenvalue weighted by Gasteiger charge is 2.09. The van der Waals surface area contributed by atoms with Gasteiger partial charge in [0.2, 0.25) is 10.0 Å². The number of nitrogens with two attached hydrogens (primary N) is 1. The maximum absolute atomic E-state index is 10.6. The summed E-state index contributed by atoms with van der Waals surface area (Å²) >= 11 is 0. The van der Waals surface area contributed by atoms with Gasteiger partial charge in [-0.1, -0.05) is 26.7 Å². The van der Waals surface area contributed by atoms with E-state index in [9.17, 15) is 8.42 Å². The van der Waals surface area contributed by atoms with Gasteiger partial charge in [0, 0.05) is 0 Å². The Morgan fingerprint density at radius 3 is 2.36 bits per heavy atom. The van der Waals surface area contributed by atoms with E-state index in [1.165, 1.54) is 0 Å². The molecule has 0 fully saturated rings. The van der Waals surface area contributed by atoms with Crippen molar-refractivity contribution in [2.24, 2.45) is 11.1 Å². The largest absolute Gasteiger partial charge is 0.229 e. The van der Waals surface area contributed by atoms with Crippen LogP contribution >= 0.6 is 0 Å². The zero-order valence-corrected chi connectivity index (χ0v) is 8.02. The first-order valence-corrected chi connectivity index (χ1v) is 5.67. The molecule has 3 nitrogen and oxygen atoms in total. The predicted octanol–water partition coefficient (Wildman–Crippen LogP) is 1.10.